The van der Waals surface area contributed by atoms with E-state index in [4.69, 9.17) is 0 Å². The molecular formula is C18H19FO2. The zero-order valence-corrected chi connectivity index (χ0v) is 12.1. The molecule has 3 rings (SSSR count). The topological polar surface area (TPSA) is 37.3 Å². The third-order valence-electron chi connectivity index (χ3n) is 4.81. The highest BCUT2D eigenvalue weighted by atomic mass is 19.1. The van der Waals surface area contributed by atoms with Crippen LogP contribution in [0, 0.1) is 11.2 Å². The molecule has 110 valence electrons. The molecule has 1 fully saturated rings. The second-order valence-corrected chi connectivity index (χ2v) is 6.23. The Balaban J connectivity index is 2.01. The van der Waals surface area contributed by atoms with E-state index in [1.54, 1.807) is 30.4 Å². The van der Waals surface area contributed by atoms with Gasteiger partial charge in [-0.15, -0.1) is 0 Å². The van der Waals surface area contributed by atoms with E-state index < -0.39 is 6.10 Å². The molecule has 0 radical (unpaired) electrons. The summed E-state index contributed by atoms with van der Waals surface area (Å²) < 4.78 is 13.8. The van der Waals surface area contributed by atoms with E-state index in [0.717, 1.165) is 24.8 Å². The number of ketones is 1. The highest BCUT2D eigenvalue weighted by molar-refractivity contribution is 6.08. The van der Waals surface area contributed by atoms with E-state index in [1.807, 2.05) is 6.92 Å². The predicted molar refractivity (Wildman–Crippen MR) is 80.0 cm³/mol. The molecule has 0 bridgehead atoms. The Bertz CT molecular complexity index is 644. The fourth-order valence-corrected chi connectivity index (χ4v) is 3.41. The minimum atomic E-state index is -0.436. The lowest BCUT2D eigenvalue weighted by atomic mass is 9.63. The molecule has 2 aliphatic carbocycles. The summed E-state index contributed by atoms with van der Waals surface area (Å²) >= 11 is 0. The highest BCUT2D eigenvalue weighted by Gasteiger charge is 2.43. The average Bonchev–Trinajstić information content (AvgIpc) is 2.45. The van der Waals surface area contributed by atoms with E-state index in [-0.39, 0.29) is 17.0 Å². The molecule has 1 saturated carbocycles. The molecule has 2 atom stereocenters. The number of halogens is 1. The van der Waals surface area contributed by atoms with Crippen LogP contribution in [0.2, 0.25) is 0 Å². The molecule has 1 aromatic carbocycles. The number of carbonyl (C=O) groups is 1. The number of hydrogen-bond acceptors (Lipinski definition) is 2. The number of rotatable bonds is 1. The Hall–Kier alpha value is -1.74. The maximum absolute atomic E-state index is 13.8. The van der Waals surface area contributed by atoms with Crippen LogP contribution in [0.4, 0.5) is 4.39 Å². The van der Waals surface area contributed by atoms with Crippen LogP contribution in [0.5, 0.6) is 0 Å². The first-order valence-corrected chi connectivity index (χ1v) is 7.39. The number of fused-ring (bicyclic) bond motifs is 1. The van der Waals surface area contributed by atoms with Crippen molar-refractivity contribution in [2.45, 2.75) is 38.7 Å². The number of benzene rings is 1. The Morgan fingerprint density at radius 3 is 2.90 bits per heavy atom. The third-order valence-corrected chi connectivity index (χ3v) is 4.81. The molecule has 0 saturated heterocycles. The first-order valence-electron chi connectivity index (χ1n) is 7.39. The Labute approximate surface area is 124 Å². The molecule has 0 spiro atoms. The number of carbonyl (C=O) groups excluding carboxylic acids is 1. The summed E-state index contributed by atoms with van der Waals surface area (Å²) in [5.74, 6) is -0.387. The monoisotopic (exact) mass is 286 g/mol. The van der Waals surface area contributed by atoms with Gasteiger partial charge in [-0.1, -0.05) is 30.7 Å². The largest absolute Gasteiger partial charge is 0.392 e. The molecular weight excluding hydrogens is 267 g/mol. The van der Waals surface area contributed by atoms with Crippen molar-refractivity contribution in [3.8, 4) is 0 Å². The minimum absolute atomic E-state index is 0.0557. The van der Waals surface area contributed by atoms with Gasteiger partial charge >= 0.3 is 0 Å². The van der Waals surface area contributed by atoms with Gasteiger partial charge in [0, 0.05) is 16.6 Å². The van der Waals surface area contributed by atoms with Gasteiger partial charge in [0.2, 0.25) is 0 Å². The van der Waals surface area contributed by atoms with Crippen molar-refractivity contribution in [2.24, 2.45) is 5.41 Å². The summed E-state index contributed by atoms with van der Waals surface area (Å²) in [6.45, 7) is 2.00. The molecule has 0 aromatic heterocycles. The van der Waals surface area contributed by atoms with Crippen molar-refractivity contribution in [2.75, 3.05) is 0 Å². The van der Waals surface area contributed by atoms with E-state index in [1.165, 1.54) is 6.07 Å². The number of aliphatic hydroxyl groups is 1. The second kappa shape index (κ2) is 5.23. The number of aliphatic hydroxyl groups excluding tert-OH is 1. The summed E-state index contributed by atoms with van der Waals surface area (Å²) in [7, 11) is 0. The van der Waals surface area contributed by atoms with Crippen LogP contribution in [0.3, 0.4) is 0 Å². The summed E-state index contributed by atoms with van der Waals surface area (Å²) in [5, 5.41) is 10.3. The van der Waals surface area contributed by atoms with Gasteiger partial charge in [-0.2, -0.15) is 0 Å². The first kappa shape index (κ1) is 14.2. The molecule has 0 unspecified atom stereocenters. The summed E-state index contributed by atoms with van der Waals surface area (Å²) in [6, 6.07) is 6.43. The van der Waals surface area contributed by atoms with Gasteiger partial charge in [0.15, 0.2) is 5.78 Å². The number of allylic oxidation sites excluding steroid dienone is 2. The molecule has 21 heavy (non-hydrogen) atoms. The summed E-state index contributed by atoms with van der Waals surface area (Å²) in [4.78, 5) is 12.3. The normalized spacial score (nSPS) is 31.0. The maximum Gasteiger partial charge on any atom is 0.181 e. The van der Waals surface area contributed by atoms with E-state index >= 15 is 0 Å². The average molecular weight is 286 g/mol. The molecule has 1 N–H and O–H groups in total. The fourth-order valence-electron chi connectivity index (χ4n) is 3.41. The third kappa shape index (κ3) is 2.46. The molecule has 1 aromatic rings. The molecule has 3 heteroatoms. The zero-order valence-electron chi connectivity index (χ0n) is 12.1. The van der Waals surface area contributed by atoms with Crippen LogP contribution in [0.25, 0.3) is 6.08 Å². The van der Waals surface area contributed by atoms with Crippen LogP contribution in [0.1, 0.15) is 38.2 Å². The van der Waals surface area contributed by atoms with Crippen molar-refractivity contribution in [1.29, 1.82) is 0 Å². The zero-order chi connectivity index (χ0) is 15.0. The van der Waals surface area contributed by atoms with Crippen molar-refractivity contribution >= 4 is 11.9 Å². The SMILES string of the molecule is C[C@]12C/C(=C\c3ccccc3F)C(=O)C=C1CCC[C@@H]2O. The molecule has 0 aliphatic heterocycles. The Kier molecular flexibility index (Phi) is 3.54. The lowest BCUT2D eigenvalue weighted by molar-refractivity contribution is -0.112. The molecule has 2 aliphatic rings. The van der Waals surface area contributed by atoms with Crippen molar-refractivity contribution < 1.29 is 14.3 Å². The van der Waals surface area contributed by atoms with Crippen LogP contribution < -0.4 is 0 Å². The van der Waals surface area contributed by atoms with Crippen LogP contribution in [-0.4, -0.2) is 17.0 Å². The van der Waals surface area contributed by atoms with Crippen LogP contribution >= 0.6 is 0 Å². The number of hydrogen-bond donors (Lipinski definition) is 1. The van der Waals surface area contributed by atoms with Crippen molar-refractivity contribution in [3.05, 3.63) is 52.9 Å². The predicted octanol–water partition coefficient (Wildman–Crippen LogP) is 3.66. The Morgan fingerprint density at radius 2 is 2.14 bits per heavy atom. The van der Waals surface area contributed by atoms with Crippen molar-refractivity contribution in [1.82, 2.24) is 0 Å². The van der Waals surface area contributed by atoms with E-state index in [2.05, 4.69) is 0 Å². The first-order chi connectivity index (χ1) is 10.0. The fraction of sp³-hybridized carbons (Fsp3) is 0.389. The quantitative estimate of drug-likeness (QED) is 0.800. The van der Waals surface area contributed by atoms with Crippen LogP contribution in [-0.2, 0) is 4.79 Å². The van der Waals surface area contributed by atoms with Gasteiger partial charge in [0.25, 0.3) is 0 Å². The summed E-state index contributed by atoms with van der Waals surface area (Å²) in [6.07, 6.45) is 5.86. The van der Waals surface area contributed by atoms with Gasteiger partial charge in [-0.25, -0.2) is 4.39 Å². The minimum Gasteiger partial charge on any atom is -0.392 e. The van der Waals surface area contributed by atoms with Gasteiger partial charge in [-0.3, -0.25) is 4.79 Å². The van der Waals surface area contributed by atoms with Crippen LogP contribution in [0.15, 0.2) is 41.5 Å². The van der Waals surface area contributed by atoms with E-state index in [9.17, 15) is 14.3 Å². The second-order valence-electron chi connectivity index (χ2n) is 6.23. The van der Waals surface area contributed by atoms with Gasteiger partial charge in [0.05, 0.1) is 6.10 Å². The smallest absolute Gasteiger partial charge is 0.181 e. The van der Waals surface area contributed by atoms with Gasteiger partial charge in [0.1, 0.15) is 5.82 Å². The lowest BCUT2D eigenvalue weighted by Crippen LogP contribution is -2.41. The molecule has 0 heterocycles. The van der Waals surface area contributed by atoms with E-state index in [0.29, 0.717) is 17.6 Å². The highest BCUT2D eigenvalue weighted by Crippen LogP contribution is 2.48. The Morgan fingerprint density at radius 1 is 1.38 bits per heavy atom. The maximum atomic E-state index is 13.8. The lowest BCUT2D eigenvalue weighted by Gasteiger charge is -2.43. The standard InChI is InChI=1S/C18H19FO2/c1-18-11-13(9-12-5-2-3-7-15(12)19)16(20)10-14(18)6-4-8-17(18)21/h2-3,5,7,9-10,17,21H,4,6,8,11H2,1H3/b13-9+/t17-,18-/m0/s1. The molecule has 2 nitrogen and oxygen atoms in total. The van der Waals surface area contributed by atoms with Gasteiger partial charge < -0.3 is 5.11 Å². The summed E-state index contributed by atoms with van der Waals surface area (Å²) in [5.41, 5.74) is 1.65. The molecule has 0 amide bonds. The van der Waals surface area contributed by atoms with Crippen molar-refractivity contribution in [3.63, 3.8) is 0 Å². The van der Waals surface area contributed by atoms with Gasteiger partial charge in [-0.05, 0) is 43.9 Å².